The third-order valence-electron chi connectivity index (χ3n) is 3.87. The van der Waals surface area contributed by atoms with Gasteiger partial charge in [-0.25, -0.2) is 4.39 Å². The molecule has 0 heterocycles. The Morgan fingerprint density at radius 2 is 1.96 bits per heavy atom. The fourth-order valence-electron chi connectivity index (χ4n) is 2.29. The summed E-state index contributed by atoms with van der Waals surface area (Å²) in [7, 11) is 3.35. The molecule has 0 radical (unpaired) electrons. The van der Waals surface area contributed by atoms with Gasteiger partial charge in [-0.15, -0.1) is 0 Å². The Bertz CT molecular complexity index is 661. The lowest BCUT2D eigenvalue weighted by Crippen LogP contribution is -3.12. The van der Waals surface area contributed by atoms with Crippen LogP contribution in [0.25, 0.3) is 0 Å². The normalized spacial score (nSPS) is 13.2. The van der Waals surface area contributed by atoms with Crippen molar-refractivity contribution in [2.45, 2.75) is 19.5 Å². The van der Waals surface area contributed by atoms with Gasteiger partial charge in [-0.1, -0.05) is 18.2 Å². The van der Waals surface area contributed by atoms with Gasteiger partial charge in [0.2, 0.25) is 0 Å². The molecule has 0 spiro atoms. The van der Waals surface area contributed by atoms with Gasteiger partial charge in [-0.2, -0.15) is 0 Å². The maximum atomic E-state index is 13.7. The SMILES string of the molecule is COc1ccc(C[NH+](C)[C@H](C)C(=O)Nc2ccccc2)cc1F. The Kier molecular flexibility index (Phi) is 5.71. The number of rotatable bonds is 6. The molecule has 2 aromatic carbocycles. The number of methoxy groups -OCH3 is 1. The van der Waals surface area contributed by atoms with Crippen LogP contribution in [0.2, 0.25) is 0 Å². The standard InChI is InChI=1S/C18H21FN2O2/c1-13(18(22)20-15-7-5-4-6-8-15)21(2)12-14-9-10-17(23-3)16(19)11-14/h4-11,13H,12H2,1-3H3,(H,20,22)/p+1/t13-/m1/s1. The quantitative estimate of drug-likeness (QED) is 0.854. The van der Waals surface area contributed by atoms with E-state index in [1.807, 2.05) is 50.4 Å². The first-order valence-electron chi connectivity index (χ1n) is 7.52. The monoisotopic (exact) mass is 317 g/mol. The van der Waals surface area contributed by atoms with E-state index in [1.54, 1.807) is 6.07 Å². The molecule has 1 amide bonds. The first-order chi connectivity index (χ1) is 11.0. The Labute approximate surface area is 135 Å². The summed E-state index contributed by atoms with van der Waals surface area (Å²) < 4.78 is 18.6. The highest BCUT2D eigenvalue weighted by Gasteiger charge is 2.22. The van der Waals surface area contributed by atoms with Gasteiger partial charge in [0.25, 0.3) is 5.91 Å². The van der Waals surface area contributed by atoms with Crippen LogP contribution in [0.1, 0.15) is 12.5 Å². The molecular formula is C18H22FN2O2+. The number of carbonyl (C=O) groups is 1. The Morgan fingerprint density at radius 1 is 1.26 bits per heavy atom. The van der Waals surface area contributed by atoms with E-state index < -0.39 is 0 Å². The molecule has 23 heavy (non-hydrogen) atoms. The molecule has 2 rings (SSSR count). The van der Waals surface area contributed by atoms with Crippen molar-refractivity contribution in [2.75, 3.05) is 19.5 Å². The average Bonchev–Trinajstić information content (AvgIpc) is 2.55. The highest BCUT2D eigenvalue weighted by molar-refractivity contribution is 5.93. The van der Waals surface area contributed by atoms with Gasteiger partial charge < -0.3 is 15.0 Å². The second-order valence-corrected chi connectivity index (χ2v) is 5.57. The van der Waals surface area contributed by atoms with E-state index in [2.05, 4.69) is 5.32 Å². The number of hydrogen-bond donors (Lipinski definition) is 2. The number of amides is 1. The fourth-order valence-corrected chi connectivity index (χ4v) is 2.29. The molecule has 0 aliphatic heterocycles. The van der Waals surface area contributed by atoms with Crippen molar-refractivity contribution in [2.24, 2.45) is 0 Å². The fraction of sp³-hybridized carbons (Fsp3) is 0.278. The van der Waals surface area contributed by atoms with Crippen molar-refractivity contribution in [3.8, 4) is 5.75 Å². The van der Waals surface area contributed by atoms with Crippen LogP contribution in [0.3, 0.4) is 0 Å². The molecule has 0 aromatic heterocycles. The summed E-state index contributed by atoms with van der Waals surface area (Å²) in [6, 6.07) is 13.9. The summed E-state index contributed by atoms with van der Waals surface area (Å²) in [5, 5.41) is 2.88. The zero-order chi connectivity index (χ0) is 16.8. The molecular weight excluding hydrogens is 295 g/mol. The van der Waals surface area contributed by atoms with Crippen LogP contribution in [0, 0.1) is 5.82 Å². The molecule has 0 fully saturated rings. The van der Waals surface area contributed by atoms with Crippen molar-refractivity contribution < 1.29 is 18.8 Å². The smallest absolute Gasteiger partial charge is 0.282 e. The number of quaternary nitrogens is 1. The van der Waals surface area contributed by atoms with E-state index in [1.165, 1.54) is 13.2 Å². The molecule has 0 saturated heterocycles. The van der Waals surface area contributed by atoms with Crippen LogP contribution < -0.4 is 15.0 Å². The molecule has 1 unspecified atom stereocenters. The van der Waals surface area contributed by atoms with E-state index >= 15 is 0 Å². The molecule has 122 valence electrons. The van der Waals surface area contributed by atoms with Crippen LogP contribution in [0.15, 0.2) is 48.5 Å². The van der Waals surface area contributed by atoms with Crippen molar-refractivity contribution >= 4 is 11.6 Å². The van der Waals surface area contributed by atoms with Crippen molar-refractivity contribution in [1.29, 1.82) is 0 Å². The number of anilines is 1. The van der Waals surface area contributed by atoms with Crippen LogP contribution >= 0.6 is 0 Å². The second-order valence-electron chi connectivity index (χ2n) is 5.57. The van der Waals surface area contributed by atoms with Gasteiger partial charge in [0.05, 0.1) is 14.2 Å². The molecule has 2 atom stereocenters. The summed E-state index contributed by atoms with van der Waals surface area (Å²) in [5.41, 5.74) is 1.59. The third-order valence-corrected chi connectivity index (χ3v) is 3.87. The van der Waals surface area contributed by atoms with Gasteiger partial charge in [0.15, 0.2) is 17.6 Å². The number of hydrogen-bond acceptors (Lipinski definition) is 2. The molecule has 0 aliphatic rings. The van der Waals surface area contributed by atoms with Crippen LogP contribution in [-0.2, 0) is 11.3 Å². The molecule has 2 N–H and O–H groups in total. The first kappa shape index (κ1) is 17.0. The number of nitrogens with one attached hydrogen (secondary N) is 2. The summed E-state index contributed by atoms with van der Waals surface area (Å²) in [5.74, 6) is -0.233. The first-order valence-corrected chi connectivity index (χ1v) is 7.52. The zero-order valence-electron chi connectivity index (χ0n) is 13.6. The predicted molar refractivity (Wildman–Crippen MR) is 88.1 cm³/mol. The highest BCUT2D eigenvalue weighted by atomic mass is 19.1. The Balaban J connectivity index is 1.97. The largest absolute Gasteiger partial charge is 0.494 e. The molecule has 5 heteroatoms. The number of halogens is 1. The van der Waals surface area contributed by atoms with Crippen molar-refractivity contribution in [3.63, 3.8) is 0 Å². The summed E-state index contributed by atoms with van der Waals surface area (Å²) in [6.07, 6.45) is 0. The number of ether oxygens (including phenoxy) is 1. The third kappa shape index (κ3) is 4.53. The summed E-state index contributed by atoms with van der Waals surface area (Å²) in [6.45, 7) is 2.40. The number of para-hydroxylation sites is 1. The van der Waals surface area contributed by atoms with Crippen molar-refractivity contribution in [1.82, 2.24) is 0 Å². The molecule has 2 aromatic rings. The van der Waals surface area contributed by atoms with Gasteiger partial charge in [-0.05, 0) is 37.3 Å². The lowest BCUT2D eigenvalue weighted by Gasteiger charge is -2.21. The number of likely N-dealkylation sites (N-methyl/N-ethyl adjacent to an activating group) is 1. The van der Waals surface area contributed by atoms with E-state index in [-0.39, 0.29) is 23.5 Å². The summed E-state index contributed by atoms with van der Waals surface area (Å²) >= 11 is 0. The minimum atomic E-state index is -0.390. The van der Waals surface area contributed by atoms with Crippen LogP contribution in [0.5, 0.6) is 5.75 Å². The van der Waals surface area contributed by atoms with E-state index in [0.717, 1.165) is 16.2 Å². The van der Waals surface area contributed by atoms with Gasteiger partial charge in [0, 0.05) is 11.3 Å². The summed E-state index contributed by atoms with van der Waals surface area (Å²) in [4.78, 5) is 13.3. The second kappa shape index (κ2) is 7.74. The Morgan fingerprint density at radius 3 is 2.57 bits per heavy atom. The van der Waals surface area contributed by atoms with Crippen LogP contribution in [0.4, 0.5) is 10.1 Å². The zero-order valence-corrected chi connectivity index (χ0v) is 13.6. The Hall–Kier alpha value is -2.40. The van der Waals surface area contributed by atoms with Crippen LogP contribution in [-0.4, -0.2) is 26.1 Å². The molecule has 0 aliphatic carbocycles. The number of carbonyl (C=O) groups excluding carboxylic acids is 1. The predicted octanol–water partition coefficient (Wildman–Crippen LogP) is 1.88. The minimum absolute atomic E-state index is 0.0670. The highest BCUT2D eigenvalue weighted by Crippen LogP contribution is 2.17. The molecule has 0 saturated carbocycles. The maximum absolute atomic E-state index is 13.7. The molecule has 0 bridgehead atoms. The van der Waals surface area contributed by atoms with E-state index in [0.29, 0.717) is 6.54 Å². The maximum Gasteiger partial charge on any atom is 0.282 e. The minimum Gasteiger partial charge on any atom is -0.494 e. The van der Waals surface area contributed by atoms with Gasteiger partial charge >= 0.3 is 0 Å². The van der Waals surface area contributed by atoms with E-state index in [9.17, 15) is 9.18 Å². The lowest BCUT2D eigenvalue weighted by atomic mass is 10.1. The van der Waals surface area contributed by atoms with Crippen molar-refractivity contribution in [3.05, 3.63) is 59.9 Å². The topological polar surface area (TPSA) is 42.8 Å². The lowest BCUT2D eigenvalue weighted by molar-refractivity contribution is -0.907. The van der Waals surface area contributed by atoms with Gasteiger partial charge in [-0.3, -0.25) is 4.79 Å². The molecule has 4 nitrogen and oxygen atoms in total. The van der Waals surface area contributed by atoms with E-state index in [4.69, 9.17) is 4.74 Å². The average molecular weight is 317 g/mol. The number of benzene rings is 2. The van der Waals surface area contributed by atoms with Gasteiger partial charge in [0.1, 0.15) is 6.54 Å².